The molecule has 1 aliphatic rings. The maximum atomic E-state index is 5.75. The molecular formula is C25H40O2. The molecule has 2 nitrogen and oxygen atoms in total. The van der Waals surface area contributed by atoms with Crippen LogP contribution >= 0.6 is 0 Å². The van der Waals surface area contributed by atoms with E-state index in [1.54, 1.807) is 0 Å². The summed E-state index contributed by atoms with van der Waals surface area (Å²) in [5.41, 5.74) is 1.39. The van der Waals surface area contributed by atoms with Crippen molar-refractivity contribution in [3.8, 4) is 5.75 Å². The van der Waals surface area contributed by atoms with Gasteiger partial charge >= 0.3 is 0 Å². The molecule has 1 heterocycles. The van der Waals surface area contributed by atoms with Gasteiger partial charge in [-0.3, -0.25) is 0 Å². The Morgan fingerprint density at radius 3 is 2.52 bits per heavy atom. The minimum atomic E-state index is 0. The van der Waals surface area contributed by atoms with Crippen LogP contribution in [0.2, 0.25) is 0 Å². The molecule has 0 radical (unpaired) electrons. The van der Waals surface area contributed by atoms with E-state index in [0.717, 1.165) is 25.2 Å². The number of benzene rings is 1. The summed E-state index contributed by atoms with van der Waals surface area (Å²) >= 11 is 0. The highest BCUT2D eigenvalue weighted by Crippen LogP contribution is 2.18. The fraction of sp³-hybridized carbons (Fsp3) is 0.600. The Morgan fingerprint density at radius 2 is 1.74 bits per heavy atom. The lowest BCUT2D eigenvalue weighted by atomic mass is 10.0. The van der Waals surface area contributed by atoms with Crippen LogP contribution in [0.25, 0.3) is 0 Å². The van der Waals surface area contributed by atoms with E-state index in [1.807, 2.05) is 6.07 Å². The molecule has 1 aliphatic heterocycles. The topological polar surface area (TPSA) is 21.8 Å². The van der Waals surface area contributed by atoms with Crippen LogP contribution in [-0.4, -0.2) is 19.3 Å². The van der Waals surface area contributed by atoms with Crippen molar-refractivity contribution in [3.05, 3.63) is 54.1 Å². The highest BCUT2D eigenvalue weighted by molar-refractivity contribution is 5.28. The first-order chi connectivity index (χ1) is 12.9. The molecule has 0 aliphatic carbocycles. The van der Waals surface area contributed by atoms with Gasteiger partial charge in [-0.15, -0.1) is 0 Å². The van der Waals surface area contributed by atoms with Crippen LogP contribution in [-0.2, 0) is 11.2 Å². The van der Waals surface area contributed by atoms with Crippen LogP contribution in [0.3, 0.4) is 0 Å². The van der Waals surface area contributed by atoms with E-state index >= 15 is 0 Å². The van der Waals surface area contributed by atoms with Crippen LogP contribution in [0.4, 0.5) is 0 Å². The van der Waals surface area contributed by atoms with E-state index in [0.29, 0.717) is 12.7 Å². The van der Waals surface area contributed by atoms with Crippen LogP contribution < -0.4 is 4.74 Å². The molecule has 1 aromatic rings. The van der Waals surface area contributed by atoms with Crippen molar-refractivity contribution in [3.63, 3.8) is 0 Å². The summed E-state index contributed by atoms with van der Waals surface area (Å²) in [4.78, 5) is 0. The molecule has 1 aromatic carbocycles. The van der Waals surface area contributed by atoms with Gasteiger partial charge in [0.25, 0.3) is 0 Å². The number of allylic oxidation sites excluding steroid dienone is 4. The Hall–Kier alpha value is -1.54. The van der Waals surface area contributed by atoms with E-state index in [4.69, 9.17) is 9.47 Å². The molecule has 0 saturated carbocycles. The summed E-state index contributed by atoms with van der Waals surface area (Å²) in [5, 5.41) is 0. The van der Waals surface area contributed by atoms with Crippen molar-refractivity contribution in [1.29, 1.82) is 0 Å². The Kier molecular flexibility index (Phi) is 13.5. The van der Waals surface area contributed by atoms with Gasteiger partial charge in [-0.1, -0.05) is 76.5 Å². The zero-order valence-corrected chi connectivity index (χ0v) is 16.5. The summed E-state index contributed by atoms with van der Waals surface area (Å²) < 4.78 is 10.9. The van der Waals surface area contributed by atoms with Crippen LogP contribution in [0.15, 0.2) is 48.6 Å². The molecular weight excluding hydrogens is 332 g/mol. The molecule has 1 unspecified atom stereocenters. The van der Waals surface area contributed by atoms with Crippen LogP contribution in [0.5, 0.6) is 5.75 Å². The second kappa shape index (κ2) is 15.5. The molecule has 0 amide bonds. The number of aryl methyl sites for hydroxylation is 1. The number of hydrogen-bond donors (Lipinski definition) is 0. The van der Waals surface area contributed by atoms with Crippen molar-refractivity contribution in [2.24, 2.45) is 0 Å². The quantitative estimate of drug-likeness (QED) is 0.183. The van der Waals surface area contributed by atoms with Crippen molar-refractivity contribution in [1.82, 2.24) is 0 Å². The molecule has 1 atom stereocenters. The van der Waals surface area contributed by atoms with Gasteiger partial charge in [-0.25, -0.2) is 0 Å². The molecule has 152 valence electrons. The monoisotopic (exact) mass is 372 g/mol. The highest BCUT2D eigenvalue weighted by Gasteiger charge is 2.22. The molecule has 2 heteroatoms. The number of rotatable bonds is 15. The number of unbranched alkanes of at least 4 members (excludes halogenated alkanes) is 6. The Balaban J connectivity index is 0.00000364. The van der Waals surface area contributed by atoms with E-state index in [2.05, 4.69) is 49.4 Å². The van der Waals surface area contributed by atoms with Gasteiger partial charge in [-0.05, 0) is 56.2 Å². The summed E-state index contributed by atoms with van der Waals surface area (Å²) in [7, 11) is 0. The summed E-state index contributed by atoms with van der Waals surface area (Å²) in [6.07, 6.45) is 22.1. The van der Waals surface area contributed by atoms with Gasteiger partial charge in [-0.2, -0.15) is 0 Å². The second-order valence-electron chi connectivity index (χ2n) is 7.19. The highest BCUT2D eigenvalue weighted by atomic mass is 16.6. The standard InChI is InChI=1S/C24H36O2.CH4/c1-2-3-4-5-6-7-8-9-10-11-12-13-14-16-22-17-15-18-23(19-22)25-20-24-21-26-24;/h4-5,7-8,15,17-19,24H,2-3,6,9-14,16,20-21H2,1H3;1H4/b5-4+,8-7+;. The number of ether oxygens (including phenoxy) is 2. The van der Waals surface area contributed by atoms with Gasteiger partial charge in [0.05, 0.1) is 6.61 Å². The summed E-state index contributed by atoms with van der Waals surface area (Å²) in [5.74, 6) is 0.981. The van der Waals surface area contributed by atoms with Gasteiger partial charge < -0.3 is 9.47 Å². The van der Waals surface area contributed by atoms with E-state index in [1.165, 1.54) is 56.9 Å². The Bertz CT molecular complexity index is 529. The van der Waals surface area contributed by atoms with Crippen molar-refractivity contribution < 1.29 is 9.47 Å². The van der Waals surface area contributed by atoms with Gasteiger partial charge in [0.1, 0.15) is 18.5 Å². The Labute approximate surface area is 167 Å². The Morgan fingerprint density at radius 1 is 1.00 bits per heavy atom. The van der Waals surface area contributed by atoms with E-state index in [-0.39, 0.29) is 7.43 Å². The molecule has 2 rings (SSSR count). The lowest BCUT2D eigenvalue weighted by molar-refractivity contribution is 0.263. The largest absolute Gasteiger partial charge is 0.491 e. The molecule has 1 fully saturated rings. The lowest BCUT2D eigenvalue weighted by Crippen LogP contribution is -2.04. The molecule has 0 aromatic heterocycles. The predicted octanol–water partition coefficient (Wildman–Crippen LogP) is 7.29. The first kappa shape index (κ1) is 23.5. The zero-order valence-electron chi connectivity index (χ0n) is 16.5. The average molecular weight is 373 g/mol. The van der Waals surface area contributed by atoms with Crippen molar-refractivity contribution in [2.45, 2.75) is 84.7 Å². The SMILES string of the molecule is C.CCC/C=C/C/C=C/CCCCCCCc1cccc(OCC2CO2)c1. The van der Waals surface area contributed by atoms with Gasteiger partial charge in [0.2, 0.25) is 0 Å². The normalized spacial score (nSPS) is 16.0. The minimum absolute atomic E-state index is 0. The third-order valence-electron chi connectivity index (χ3n) is 4.63. The fourth-order valence-corrected chi connectivity index (χ4v) is 2.94. The minimum Gasteiger partial charge on any atom is -0.491 e. The fourth-order valence-electron chi connectivity index (χ4n) is 2.94. The average Bonchev–Trinajstić information content (AvgIpc) is 3.49. The van der Waals surface area contributed by atoms with E-state index in [9.17, 15) is 0 Å². The first-order valence-corrected chi connectivity index (χ1v) is 10.5. The molecule has 0 bridgehead atoms. The van der Waals surface area contributed by atoms with Crippen molar-refractivity contribution in [2.75, 3.05) is 13.2 Å². The third-order valence-corrected chi connectivity index (χ3v) is 4.63. The predicted molar refractivity (Wildman–Crippen MR) is 118 cm³/mol. The molecule has 0 N–H and O–H groups in total. The number of epoxide rings is 1. The van der Waals surface area contributed by atoms with Crippen LogP contribution in [0.1, 0.15) is 77.7 Å². The first-order valence-electron chi connectivity index (χ1n) is 10.5. The molecule has 27 heavy (non-hydrogen) atoms. The maximum absolute atomic E-state index is 5.75. The maximum Gasteiger partial charge on any atom is 0.119 e. The van der Waals surface area contributed by atoms with Gasteiger partial charge in [0.15, 0.2) is 0 Å². The zero-order chi connectivity index (χ0) is 18.3. The number of hydrogen-bond acceptors (Lipinski definition) is 2. The lowest BCUT2D eigenvalue weighted by Gasteiger charge is -2.07. The van der Waals surface area contributed by atoms with Gasteiger partial charge in [0, 0.05) is 0 Å². The molecule has 1 saturated heterocycles. The summed E-state index contributed by atoms with van der Waals surface area (Å²) in [6.45, 7) is 3.76. The second-order valence-corrected chi connectivity index (χ2v) is 7.19. The summed E-state index contributed by atoms with van der Waals surface area (Å²) in [6, 6.07) is 8.53. The molecule has 0 spiro atoms. The van der Waals surface area contributed by atoms with E-state index < -0.39 is 0 Å². The smallest absolute Gasteiger partial charge is 0.119 e. The van der Waals surface area contributed by atoms with Crippen LogP contribution in [0, 0.1) is 0 Å². The van der Waals surface area contributed by atoms with Crippen molar-refractivity contribution >= 4 is 0 Å². The third kappa shape index (κ3) is 12.5.